The first-order valence-corrected chi connectivity index (χ1v) is 6.62. The molecule has 0 unspecified atom stereocenters. The molecule has 0 radical (unpaired) electrons. The summed E-state index contributed by atoms with van der Waals surface area (Å²) in [6.07, 6.45) is 4.43. The quantitative estimate of drug-likeness (QED) is 0.895. The van der Waals surface area contributed by atoms with Crippen molar-refractivity contribution >= 4 is 27.8 Å². The largest absolute Gasteiger partial charge is 0.480 e. The molecule has 1 aliphatic rings. The Kier molecular flexibility index (Phi) is 3.47. The number of nitrogens with one attached hydrogen (secondary N) is 1. The predicted molar refractivity (Wildman–Crippen MR) is 69.4 cm³/mol. The maximum atomic E-state index is 12.1. The number of carboxylic acid groups (broad SMARTS) is 1. The van der Waals surface area contributed by atoms with Gasteiger partial charge in [0.05, 0.1) is 0 Å². The average Bonchev–Trinajstić information content (AvgIpc) is 2.86. The molecule has 98 valence electrons. The Morgan fingerprint density at radius 1 is 1.44 bits per heavy atom. The third-order valence-electron chi connectivity index (χ3n) is 3.42. The Hall–Kier alpha value is -1.30. The maximum Gasteiger partial charge on any atom is 0.329 e. The van der Waals surface area contributed by atoms with Gasteiger partial charge in [0.1, 0.15) is 11.2 Å². The summed E-state index contributed by atoms with van der Waals surface area (Å²) in [5.74, 6) is -1.28. The van der Waals surface area contributed by atoms with Crippen molar-refractivity contribution in [3.8, 4) is 0 Å². The van der Waals surface area contributed by atoms with Gasteiger partial charge in [0.25, 0.3) is 5.91 Å². The summed E-state index contributed by atoms with van der Waals surface area (Å²) in [5.41, 5.74) is -0.636. The molecule has 18 heavy (non-hydrogen) atoms. The highest BCUT2D eigenvalue weighted by molar-refractivity contribution is 9.10. The molecule has 5 nitrogen and oxygen atoms in total. The number of hydrogen-bond acceptors (Lipinski definition) is 2. The Labute approximate surface area is 113 Å². The molecule has 6 heteroatoms. The fraction of sp³-hybridized carbons (Fsp3) is 0.500. The molecule has 2 N–H and O–H groups in total. The first-order valence-electron chi connectivity index (χ1n) is 5.82. The highest BCUT2D eigenvalue weighted by Gasteiger charge is 2.42. The molecule has 0 aromatic carbocycles. The number of aliphatic carboxylic acids is 1. The zero-order chi connectivity index (χ0) is 13.3. The second-order valence-electron chi connectivity index (χ2n) is 4.70. The Morgan fingerprint density at radius 3 is 2.50 bits per heavy atom. The number of hydrogen-bond donors (Lipinski definition) is 2. The van der Waals surface area contributed by atoms with Crippen LogP contribution in [0.1, 0.15) is 36.2 Å². The van der Waals surface area contributed by atoms with Crippen LogP contribution in [-0.2, 0) is 11.8 Å². The van der Waals surface area contributed by atoms with Crippen LogP contribution < -0.4 is 5.32 Å². The number of carbonyl (C=O) groups excluding carboxylic acids is 1. The SMILES string of the molecule is Cn1cc(Br)cc1C(=O)NC1(C(=O)O)CCCC1. The predicted octanol–water partition coefficient (Wildman–Crippen LogP) is 1.91. The molecule has 0 bridgehead atoms. The van der Waals surface area contributed by atoms with Crippen LogP contribution in [0.5, 0.6) is 0 Å². The number of carboxylic acids is 1. The highest BCUT2D eigenvalue weighted by Crippen LogP contribution is 2.30. The van der Waals surface area contributed by atoms with Crippen molar-refractivity contribution in [2.45, 2.75) is 31.2 Å². The van der Waals surface area contributed by atoms with Crippen molar-refractivity contribution in [2.75, 3.05) is 0 Å². The molecule has 0 aliphatic heterocycles. The molecular weight excluding hydrogens is 300 g/mol. The summed E-state index contributed by atoms with van der Waals surface area (Å²) in [6, 6.07) is 1.68. The van der Waals surface area contributed by atoms with Gasteiger partial charge in [0, 0.05) is 17.7 Å². The van der Waals surface area contributed by atoms with Crippen molar-refractivity contribution in [2.24, 2.45) is 7.05 Å². The van der Waals surface area contributed by atoms with Crippen LogP contribution in [0, 0.1) is 0 Å². The first kappa shape index (κ1) is 13.1. The molecule has 0 spiro atoms. The number of aryl methyl sites for hydroxylation is 1. The number of halogens is 1. The van der Waals surface area contributed by atoms with E-state index in [2.05, 4.69) is 21.2 Å². The van der Waals surface area contributed by atoms with E-state index in [1.807, 2.05) is 0 Å². The third kappa shape index (κ3) is 2.29. The molecular formula is C12H15BrN2O3. The van der Waals surface area contributed by atoms with Gasteiger partial charge in [0.2, 0.25) is 0 Å². The van der Waals surface area contributed by atoms with Crippen molar-refractivity contribution in [3.05, 3.63) is 22.4 Å². The van der Waals surface area contributed by atoms with Gasteiger partial charge >= 0.3 is 5.97 Å². The summed E-state index contributed by atoms with van der Waals surface area (Å²) in [7, 11) is 1.75. The van der Waals surface area contributed by atoms with E-state index in [0.717, 1.165) is 17.3 Å². The molecule has 1 amide bonds. The van der Waals surface area contributed by atoms with Gasteiger partial charge in [-0.2, -0.15) is 0 Å². The van der Waals surface area contributed by atoms with Crippen LogP contribution in [0.2, 0.25) is 0 Å². The minimum absolute atomic E-state index is 0.340. The summed E-state index contributed by atoms with van der Waals surface area (Å²) in [4.78, 5) is 23.5. The van der Waals surface area contributed by atoms with Gasteiger partial charge in [-0.3, -0.25) is 4.79 Å². The van der Waals surface area contributed by atoms with Crippen LogP contribution >= 0.6 is 15.9 Å². The molecule has 1 aromatic heterocycles. The van der Waals surface area contributed by atoms with E-state index in [1.54, 1.807) is 23.9 Å². The van der Waals surface area contributed by atoms with Gasteiger partial charge < -0.3 is 15.0 Å². The van der Waals surface area contributed by atoms with Gasteiger partial charge in [-0.1, -0.05) is 12.8 Å². The fourth-order valence-corrected chi connectivity index (χ4v) is 2.93. The summed E-state index contributed by atoms with van der Waals surface area (Å²) in [5, 5.41) is 12.0. The van der Waals surface area contributed by atoms with Gasteiger partial charge in [-0.05, 0) is 34.8 Å². The Morgan fingerprint density at radius 2 is 2.06 bits per heavy atom. The minimum atomic E-state index is -1.09. The monoisotopic (exact) mass is 314 g/mol. The number of nitrogens with zero attached hydrogens (tertiary/aromatic N) is 1. The number of rotatable bonds is 3. The molecule has 0 atom stereocenters. The maximum absolute atomic E-state index is 12.1. The number of amides is 1. The van der Waals surface area contributed by atoms with Crippen LogP contribution in [-0.4, -0.2) is 27.1 Å². The lowest BCUT2D eigenvalue weighted by molar-refractivity contribution is -0.144. The van der Waals surface area contributed by atoms with E-state index in [9.17, 15) is 14.7 Å². The smallest absolute Gasteiger partial charge is 0.329 e. The van der Waals surface area contributed by atoms with Crippen LogP contribution in [0.3, 0.4) is 0 Å². The molecule has 1 heterocycles. The lowest BCUT2D eigenvalue weighted by atomic mass is 9.97. The van der Waals surface area contributed by atoms with E-state index in [4.69, 9.17) is 0 Å². The zero-order valence-electron chi connectivity index (χ0n) is 10.1. The minimum Gasteiger partial charge on any atom is -0.480 e. The van der Waals surface area contributed by atoms with E-state index in [0.29, 0.717) is 18.5 Å². The van der Waals surface area contributed by atoms with Crippen molar-refractivity contribution in [1.82, 2.24) is 9.88 Å². The Bertz CT molecular complexity index is 490. The lowest BCUT2D eigenvalue weighted by Gasteiger charge is -2.25. The molecule has 1 aromatic rings. The first-order chi connectivity index (χ1) is 8.44. The summed E-state index contributed by atoms with van der Waals surface area (Å²) in [6.45, 7) is 0. The van der Waals surface area contributed by atoms with E-state index in [-0.39, 0.29) is 5.91 Å². The van der Waals surface area contributed by atoms with Crippen LogP contribution in [0.4, 0.5) is 0 Å². The normalized spacial score (nSPS) is 17.7. The van der Waals surface area contributed by atoms with Gasteiger partial charge in [-0.25, -0.2) is 4.79 Å². The molecule has 0 saturated heterocycles. The molecule has 1 fully saturated rings. The average molecular weight is 315 g/mol. The zero-order valence-corrected chi connectivity index (χ0v) is 11.7. The second kappa shape index (κ2) is 4.76. The molecule has 2 rings (SSSR count). The van der Waals surface area contributed by atoms with Gasteiger partial charge in [0.15, 0.2) is 0 Å². The Balaban J connectivity index is 2.20. The highest BCUT2D eigenvalue weighted by atomic mass is 79.9. The molecule has 1 aliphatic carbocycles. The van der Waals surface area contributed by atoms with E-state index >= 15 is 0 Å². The van der Waals surface area contributed by atoms with E-state index < -0.39 is 11.5 Å². The van der Waals surface area contributed by atoms with E-state index in [1.165, 1.54) is 0 Å². The van der Waals surface area contributed by atoms with Crippen molar-refractivity contribution in [3.63, 3.8) is 0 Å². The van der Waals surface area contributed by atoms with Gasteiger partial charge in [-0.15, -0.1) is 0 Å². The lowest BCUT2D eigenvalue weighted by Crippen LogP contribution is -2.52. The third-order valence-corrected chi connectivity index (χ3v) is 3.86. The van der Waals surface area contributed by atoms with Crippen molar-refractivity contribution < 1.29 is 14.7 Å². The number of carbonyl (C=O) groups is 2. The van der Waals surface area contributed by atoms with Crippen molar-refractivity contribution in [1.29, 1.82) is 0 Å². The molecule has 1 saturated carbocycles. The standard InChI is InChI=1S/C12H15BrN2O3/c1-15-7-8(13)6-9(15)10(16)14-12(11(17)18)4-2-3-5-12/h6-7H,2-5H2,1H3,(H,14,16)(H,17,18). The van der Waals surface area contributed by atoms with Crippen LogP contribution in [0.15, 0.2) is 16.7 Å². The summed E-state index contributed by atoms with van der Waals surface area (Å²) >= 11 is 3.29. The second-order valence-corrected chi connectivity index (χ2v) is 5.62. The van der Waals surface area contributed by atoms with Crippen LogP contribution in [0.25, 0.3) is 0 Å². The topological polar surface area (TPSA) is 71.3 Å². The summed E-state index contributed by atoms with van der Waals surface area (Å²) < 4.78 is 2.47. The number of aromatic nitrogens is 1. The fourth-order valence-electron chi connectivity index (χ4n) is 2.40.